The van der Waals surface area contributed by atoms with Crippen LogP contribution in [0.25, 0.3) is 22.9 Å². The number of hydrogen-bond acceptors (Lipinski definition) is 6. The largest absolute Gasteiger partial charge is 0.438 e. The van der Waals surface area contributed by atoms with Crippen LogP contribution in [0.4, 0.5) is 26.3 Å². The van der Waals surface area contributed by atoms with Crippen molar-refractivity contribution in [1.29, 1.82) is 0 Å². The molecule has 2 heterocycles. The number of Topliss-reactive ketones (excluding diaryl/α,β-unsaturated/α-hetero) is 1. The summed E-state index contributed by atoms with van der Waals surface area (Å²) in [6, 6.07) is 8.95. The first kappa shape index (κ1) is 29.6. The number of aliphatic hydroxyl groups is 1. The Hall–Kier alpha value is -3.93. The molecule has 1 N–H and O–H groups in total. The Morgan fingerprint density at radius 2 is 1.10 bits per heavy atom. The maximum Gasteiger partial charge on any atom is 0.416 e. The van der Waals surface area contributed by atoms with Crippen molar-refractivity contribution >= 4 is 5.78 Å². The molecule has 0 aliphatic rings. The first-order chi connectivity index (χ1) is 17.9. The van der Waals surface area contributed by atoms with Crippen molar-refractivity contribution in [3.05, 3.63) is 82.6 Å². The van der Waals surface area contributed by atoms with E-state index in [1.165, 1.54) is 31.2 Å². The van der Waals surface area contributed by atoms with E-state index in [0.717, 1.165) is 24.3 Å². The number of carbonyl (C=O) groups excluding carboxylic acids is 1. The fourth-order valence-electron chi connectivity index (χ4n) is 3.54. The van der Waals surface area contributed by atoms with Crippen LogP contribution in [0.5, 0.6) is 0 Å². The predicted molar refractivity (Wildman–Crippen MR) is 129 cm³/mol. The number of hydrogen-bond donors (Lipinski definition) is 1. The average molecular weight is 554 g/mol. The first-order valence-corrected chi connectivity index (χ1v) is 11.4. The van der Waals surface area contributed by atoms with Gasteiger partial charge in [0.05, 0.1) is 22.5 Å². The minimum Gasteiger partial charge on any atom is -0.438 e. The van der Waals surface area contributed by atoms with Gasteiger partial charge in [0.15, 0.2) is 17.3 Å². The van der Waals surface area contributed by atoms with Gasteiger partial charge < -0.3 is 13.9 Å². The highest BCUT2D eigenvalue weighted by Crippen LogP contribution is 2.33. The topological polar surface area (TPSA) is 89.4 Å². The van der Waals surface area contributed by atoms with Crippen LogP contribution >= 0.6 is 0 Å². The number of benzene rings is 2. The number of aromatic nitrogens is 2. The predicted octanol–water partition coefficient (Wildman–Crippen LogP) is 7.77. The molecule has 0 bridgehead atoms. The smallest absolute Gasteiger partial charge is 0.416 e. The van der Waals surface area contributed by atoms with E-state index in [9.17, 15) is 36.2 Å². The lowest BCUT2D eigenvalue weighted by molar-refractivity contribution is -0.138. The highest BCUT2D eigenvalue weighted by molar-refractivity contribution is 5.92. The van der Waals surface area contributed by atoms with E-state index in [-0.39, 0.29) is 23.3 Å². The van der Waals surface area contributed by atoms with Crippen LogP contribution in [0.3, 0.4) is 0 Å². The highest BCUT2D eigenvalue weighted by Gasteiger charge is 2.31. The van der Waals surface area contributed by atoms with Crippen LogP contribution < -0.4 is 0 Å². The molecule has 0 unspecified atom stereocenters. The lowest BCUT2D eigenvalue weighted by atomic mass is 10.1. The van der Waals surface area contributed by atoms with E-state index in [1.54, 1.807) is 27.7 Å². The zero-order valence-corrected chi connectivity index (χ0v) is 21.5. The summed E-state index contributed by atoms with van der Waals surface area (Å²) in [5, 5.41) is 9.90. The van der Waals surface area contributed by atoms with Gasteiger partial charge >= 0.3 is 12.4 Å². The maximum absolute atomic E-state index is 12.5. The summed E-state index contributed by atoms with van der Waals surface area (Å²) in [6.45, 7) is 7.72. The molecule has 0 aliphatic heterocycles. The third kappa shape index (κ3) is 7.14. The Kier molecular flexibility index (Phi) is 8.11. The minimum atomic E-state index is -4.38. The summed E-state index contributed by atoms with van der Waals surface area (Å²) in [4.78, 5) is 19.4. The molecule has 39 heavy (non-hydrogen) atoms. The number of halogens is 6. The molecular weight excluding hydrogens is 530 g/mol. The van der Waals surface area contributed by atoms with Crippen molar-refractivity contribution in [2.24, 2.45) is 0 Å². The number of rotatable bonds is 4. The fraction of sp³-hybridized carbons (Fsp3) is 0.296. The van der Waals surface area contributed by atoms with E-state index in [0.29, 0.717) is 28.3 Å². The van der Waals surface area contributed by atoms with E-state index in [2.05, 4.69) is 9.97 Å². The highest BCUT2D eigenvalue weighted by atomic mass is 19.4. The molecule has 0 saturated carbocycles. The van der Waals surface area contributed by atoms with Gasteiger partial charge in [0.2, 0.25) is 11.8 Å². The molecular formula is C27H24F6N2O4. The minimum absolute atomic E-state index is 0.120. The normalized spacial score (nSPS) is 12.2. The van der Waals surface area contributed by atoms with E-state index in [1.807, 2.05) is 0 Å². The first-order valence-electron chi connectivity index (χ1n) is 11.4. The maximum atomic E-state index is 12.5. The third-order valence-electron chi connectivity index (χ3n) is 5.39. The SMILES string of the molecule is CC(=O)c1oc(-c2ccc(C(F)(F)F)cc2)nc1C.Cc1nc(-c2ccc(C(F)(F)F)cc2)oc1C(C)(C)O. The third-order valence-corrected chi connectivity index (χ3v) is 5.39. The molecule has 0 aliphatic carbocycles. The summed E-state index contributed by atoms with van der Waals surface area (Å²) in [5.41, 5.74) is -0.921. The van der Waals surface area contributed by atoms with Gasteiger partial charge in [0.1, 0.15) is 5.60 Å². The molecule has 0 amide bonds. The molecule has 2 aromatic heterocycles. The summed E-state index contributed by atoms with van der Waals surface area (Å²) >= 11 is 0. The van der Waals surface area contributed by atoms with Crippen molar-refractivity contribution in [2.45, 2.75) is 52.6 Å². The Morgan fingerprint density at radius 1 is 0.718 bits per heavy atom. The van der Waals surface area contributed by atoms with Gasteiger partial charge in [-0.3, -0.25) is 4.79 Å². The molecule has 4 aromatic rings. The lowest BCUT2D eigenvalue weighted by Crippen LogP contribution is -2.15. The van der Waals surface area contributed by atoms with Gasteiger partial charge in [-0.15, -0.1) is 0 Å². The number of aryl methyl sites for hydroxylation is 2. The van der Waals surface area contributed by atoms with Crippen LogP contribution in [0.2, 0.25) is 0 Å². The average Bonchev–Trinajstić information content (AvgIpc) is 3.41. The molecule has 0 fully saturated rings. The molecule has 12 heteroatoms. The van der Waals surface area contributed by atoms with Crippen molar-refractivity contribution in [3.63, 3.8) is 0 Å². The van der Waals surface area contributed by atoms with Crippen molar-refractivity contribution in [2.75, 3.05) is 0 Å². The summed E-state index contributed by atoms with van der Waals surface area (Å²) < 4.78 is 85.4. The molecule has 208 valence electrons. The Morgan fingerprint density at radius 3 is 1.41 bits per heavy atom. The molecule has 0 saturated heterocycles. The zero-order chi connectivity index (χ0) is 29.3. The van der Waals surface area contributed by atoms with E-state index < -0.39 is 29.1 Å². The Labute approximate surface area is 219 Å². The number of oxazole rings is 2. The lowest BCUT2D eigenvalue weighted by Gasteiger charge is -2.13. The molecule has 4 rings (SSSR count). The second kappa shape index (κ2) is 10.7. The Bertz CT molecular complexity index is 1440. The van der Waals surface area contributed by atoms with E-state index >= 15 is 0 Å². The molecule has 0 atom stereocenters. The number of nitrogens with zero attached hydrogens (tertiary/aromatic N) is 2. The molecule has 6 nitrogen and oxygen atoms in total. The Balaban J connectivity index is 0.000000216. The van der Waals surface area contributed by atoms with Crippen LogP contribution in [0, 0.1) is 13.8 Å². The molecule has 2 aromatic carbocycles. The number of carbonyl (C=O) groups is 1. The number of alkyl halides is 6. The quantitative estimate of drug-likeness (QED) is 0.205. The van der Waals surface area contributed by atoms with Crippen molar-refractivity contribution in [1.82, 2.24) is 9.97 Å². The standard InChI is InChI=1S/C14H14F3NO2.C13H10F3NO2/c1-8-11(13(2,3)19)20-12(18-8)9-4-6-10(7-5-9)14(15,16)17;1-7-11(8(2)18)19-12(17-7)9-3-5-10(6-4-9)13(14,15)16/h4-7,19H,1-3H3;3-6H,1-2H3. The van der Waals surface area contributed by atoms with Gasteiger partial charge in [-0.2, -0.15) is 26.3 Å². The van der Waals surface area contributed by atoms with Gasteiger partial charge in [-0.05, 0) is 76.2 Å². The van der Waals surface area contributed by atoms with Gasteiger partial charge in [0.25, 0.3) is 0 Å². The summed E-state index contributed by atoms with van der Waals surface area (Å²) in [7, 11) is 0. The molecule has 0 radical (unpaired) electrons. The van der Waals surface area contributed by atoms with Crippen LogP contribution in [-0.4, -0.2) is 20.9 Å². The van der Waals surface area contributed by atoms with Crippen molar-refractivity contribution < 1.29 is 45.1 Å². The molecule has 0 spiro atoms. The van der Waals surface area contributed by atoms with Crippen LogP contribution in [0.15, 0.2) is 57.4 Å². The number of ketones is 1. The van der Waals surface area contributed by atoms with Crippen LogP contribution in [-0.2, 0) is 18.0 Å². The summed E-state index contributed by atoms with van der Waals surface area (Å²) in [6.07, 6.45) is -8.75. The monoisotopic (exact) mass is 554 g/mol. The second-order valence-corrected chi connectivity index (χ2v) is 9.13. The van der Waals surface area contributed by atoms with Crippen LogP contribution in [0.1, 0.15) is 59.6 Å². The second-order valence-electron chi connectivity index (χ2n) is 9.13. The van der Waals surface area contributed by atoms with Gasteiger partial charge in [-0.1, -0.05) is 0 Å². The zero-order valence-electron chi connectivity index (χ0n) is 21.5. The summed E-state index contributed by atoms with van der Waals surface area (Å²) in [5.74, 6) is 0.468. The van der Waals surface area contributed by atoms with Gasteiger partial charge in [-0.25, -0.2) is 9.97 Å². The van der Waals surface area contributed by atoms with Gasteiger partial charge in [0, 0.05) is 18.1 Å². The fourth-order valence-corrected chi connectivity index (χ4v) is 3.54. The van der Waals surface area contributed by atoms with E-state index in [4.69, 9.17) is 8.83 Å². The van der Waals surface area contributed by atoms with Crippen molar-refractivity contribution in [3.8, 4) is 22.9 Å².